The van der Waals surface area contributed by atoms with Crippen LogP contribution in [0.5, 0.6) is 0 Å². The Hall–Kier alpha value is -2.16. The van der Waals surface area contributed by atoms with Crippen LogP contribution in [-0.2, 0) is 16.6 Å². The molecule has 0 saturated carbocycles. The van der Waals surface area contributed by atoms with Crippen molar-refractivity contribution in [3.8, 4) is 0 Å². The van der Waals surface area contributed by atoms with E-state index < -0.39 is 10.0 Å². The van der Waals surface area contributed by atoms with Crippen molar-refractivity contribution in [1.29, 1.82) is 0 Å². The molecule has 136 valence electrons. The number of rotatable bonds is 4. The van der Waals surface area contributed by atoms with Gasteiger partial charge in [0.15, 0.2) is 5.65 Å². The first-order valence-electron chi connectivity index (χ1n) is 8.29. The normalized spacial score (nSPS) is 15.7. The zero-order valence-corrected chi connectivity index (χ0v) is 15.4. The highest BCUT2D eigenvalue weighted by Crippen LogP contribution is 2.20. The lowest BCUT2D eigenvalue weighted by Crippen LogP contribution is -2.28. The fourth-order valence-electron chi connectivity index (χ4n) is 3.09. The lowest BCUT2D eigenvalue weighted by molar-refractivity contribution is 0.477. The molecule has 0 unspecified atom stereocenters. The van der Waals surface area contributed by atoms with Crippen LogP contribution >= 0.6 is 11.6 Å². The Balaban J connectivity index is 1.71. The van der Waals surface area contributed by atoms with Gasteiger partial charge in [-0.15, -0.1) is 5.10 Å². The van der Waals surface area contributed by atoms with Gasteiger partial charge in [-0.2, -0.15) is 4.31 Å². The average Bonchev–Trinajstić information content (AvgIpc) is 3.27. The van der Waals surface area contributed by atoms with E-state index >= 15 is 0 Å². The van der Waals surface area contributed by atoms with Gasteiger partial charge in [-0.3, -0.25) is 0 Å². The molecule has 0 amide bonds. The number of nitrogens with zero attached hydrogens (tertiary/aromatic N) is 4. The van der Waals surface area contributed by atoms with E-state index in [1.165, 1.54) is 25.7 Å². The summed E-state index contributed by atoms with van der Waals surface area (Å²) in [6.45, 7) is 1.32. The third-order valence-electron chi connectivity index (χ3n) is 4.50. The van der Waals surface area contributed by atoms with Crippen LogP contribution in [0.2, 0.25) is 5.02 Å². The van der Waals surface area contributed by atoms with Gasteiger partial charge in [0.25, 0.3) is 0 Å². The van der Waals surface area contributed by atoms with Crippen molar-refractivity contribution in [2.45, 2.75) is 24.3 Å². The van der Waals surface area contributed by atoms with E-state index in [0.29, 0.717) is 23.8 Å². The minimum absolute atomic E-state index is 0.111. The Bertz CT molecular complexity index is 1110. The smallest absolute Gasteiger partial charge is 0.249 e. The topological polar surface area (TPSA) is 76.7 Å². The van der Waals surface area contributed by atoms with E-state index in [0.717, 1.165) is 18.4 Å². The molecule has 3 aromatic rings. The molecule has 0 spiro atoms. The average molecular weight is 393 g/mol. The van der Waals surface area contributed by atoms with E-state index in [1.807, 2.05) is 12.1 Å². The summed E-state index contributed by atoms with van der Waals surface area (Å²) < 4.78 is 29.4. The molecule has 0 N–H and O–H groups in total. The molecule has 0 radical (unpaired) electrons. The van der Waals surface area contributed by atoms with Gasteiger partial charge in [0.1, 0.15) is 0 Å². The van der Waals surface area contributed by atoms with Gasteiger partial charge < -0.3 is 0 Å². The summed E-state index contributed by atoms with van der Waals surface area (Å²) in [6, 6.07) is 10.2. The molecule has 0 bridgehead atoms. The molecule has 26 heavy (non-hydrogen) atoms. The molecule has 1 saturated heterocycles. The van der Waals surface area contributed by atoms with Crippen molar-refractivity contribution in [2.24, 2.45) is 0 Å². The van der Waals surface area contributed by atoms with Crippen LogP contribution in [0, 0.1) is 0 Å². The number of fused-ring (bicyclic) bond motifs is 1. The Morgan fingerprint density at radius 1 is 1.04 bits per heavy atom. The summed E-state index contributed by atoms with van der Waals surface area (Å²) >= 11 is 5.87. The number of pyridine rings is 1. The van der Waals surface area contributed by atoms with Gasteiger partial charge in [-0.25, -0.2) is 22.3 Å². The van der Waals surface area contributed by atoms with Gasteiger partial charge in [0, 0.05) is 24.3 Å². The summed E-state index contributed by atoms with van der Waals surface area (Å²) in [6.07, 6.45) is 3.08. The van der Waals surface area contributed by atoms with Crippen molar-refractivity contribution in [3.05, 3.63) is 63.7 Å². The van der Waals surface area contributed by atoms with Crippen molar-refractivity contribution < 1.29 is 8.42 Å². The number of aromatic nitrogens is 3. The second-order valence-corrected chi connectivity index (χ2v) is 8.65. The number of halogens is 1. The van der Waals surface area contributed by atoms with Gasteiger partial charge in [-0.05, 0) is 42.7 Å². The molecular weight excluding hydrogens is 376 g/mol. The molecule has 1 aliphatic rings. The van der Waals surface area contributed by atoms with Gasteiger partial charge >= 0.3 is 5.69 Å². The van der Waals surface area contributed by atoms with Crippen LogP contribution in [0.25, 0.3) is 5.65 Å². The maximum Gasteiger partial charge on any atom is 0.350 e. The lowest BCUT2D eigenvalue weighted by Gasteiger charge is -2.15. The Morgan fingerprint density at radius 3 is 2.42 bits per heavy atom. The van der Waals surface area contributed by atoms with Crippen molar-refractivity contribution >= 4 is 27.3 Å². The molecule has 9 heteroatoms. The summed E-state index contributed by atoms with van der Waals surface area (Å²) in [4.78, 5) is 12.7. The minimum atomic E-state index is -3.58. The summed E-state index contributed by atoms with van der Waals surface area (Å²) in [7, 11) is -3.58. The number of benzene rings is 1. The van der Waals surface area contributed by atoms with E-state index in [-0.39, 0.29) is 17.1 Å². The molecule has 1 aromatic carbocycles. The van der Waals surface area contributed by atoms with Crippen molar-refractivity contribution in [2.75, 3.05) is 13.1 Å². The molecule has 0 atom stereocenters. The SMILES string of the molecule is O=c1n(Cc2ccc(Cl)cc2)nc2ccc(S(=O)(=O)N3CCCC3)cn12. The minimum Gasteiger partial charge on any atom is -0.249 e. The van der Waals surface area contributed by atoms with Gasteiger partial charge in [0.2, 0.25) is 10.0 Å². The van der Waals surface area contributed by atoms with Crippen LogP contribution < -0.4 is 5.69 Å². The largest absolute Gasteiger partial charge is 0.350 e. The van der Waals surface area contributed by atoms with Crippen LogP contribution in [0.15, 0.2) is 52.3 Å². The van der Waals surface area contributed by atoms with Crippen LogP contribution in [0.4, 0.5) is 0 Å². The van der Waals surface area contributed by atoms with E-state index in [4.69, 9.17) is 11.6 Å². The predicted molar refractivity (Wildman–Crippen MR) is 98.0 cm³/mol. The van der Waals surface area contributed by atoms with E-state index in [2.05, 4.69) is 5.10 Å². The van der Waals surface area contributed by atoms with Crippen molar-refractivity contribution in [3.63, 3.8) is 0 Å². The fraction of sp³-hybridized carbons (Fsp3) is 0.294. The molecule has 1 fully saturated rings. The van der Waals surface area contributed by atoms with E-state index in [9.17, 15) is 13.2 Å². The van der Waals surface area contributed by atoms with Crippen molar-refractivity contribution in [1.82, 2.24) is 18.5 Å². The van der Waals surface area contributed by atoms with Crippen LogP contribution in [0.1, 0.15) is 18.4 Å². The summed E-state index contributed by atoms with van der Waals surface area (Å²) in [5.74, 6) is 0. The number of hydrogen-bond acceptors (Lipinski definition) is 4. The molecular formula is C17H17ClN4O3S. The highest BCUT2D eigenvalue weighted by molar-refractivity contribution is 7.89. The standard InChI is InChI=1S/C17H17ClN4O3S/c18-14-5-3-13(4-6-14)11-22-17(23)21-12-15(7-8-16(21)19-22)26(24,25)20-9-1-2-10-20/h3-8,12H,1-2,9-11H2. The lowest BCUT2D eigenvalue weighted by atomic mass is 10.2. The molecule has 2 aromatic heterocycles. The molecule has 7 nitrogen and oxygen atoms in total. The maximum absolute atomic E-state index is 12.7. The molecule has 3 heterocycles. The monoisotopic (exact) mass is 392 g/mol. The zero-order chi connectivity index (χ0) is 18.3. The second kappa shape index (κ2) is 6.53. The highest BCUT2D eigenvalue weighted by Gasteiger charge is 2.27. The first kappa shape index (κ1) is 17.3. The van der Waals surface area contributed by atoms with E-state index in [1.54, 1.807) is 18.2 Å². The van der Waals surface area contributed by atoms with Crippen LogP contribution in [0.3, 0.4) is 0 Å². The van der Waals surface area contributed by atoms with Gasteiger partial charge in [0.05, 0.1) is 11.4 Å². The maximum atomic E-state index is 12.7. The second-order valence-electron chi connectivity index (χ2n) is 6.27. The molecule has 1 aliphatic heterocycles. The first-order valence-corrected chi connectivity index (χ1v) is 10.1. The quantitative estimate of drug-likeness (QED) is 0.680. The molecule has 4 rings (SSSR count). The highest BCUT2D eigenvalue weighted by atomic mass is 35.5. The van der Waals surface area contributed by atoms with Crippen LogP contribution in [-0.4, -0.2) is 40.0 Å². The Morgan fingerprint density at radius 2 is 1.73 bits per heavy atom. The fourth-order valence-corrected chi connectivity index (χ4v) is 4.74. The first-order chi connectivity index (χ1) is 12.4. The third kappa shape index (κ3) is 3.04. The Labute approximate surface area is 155 Å². The number of sulfonamides is 1. The summed E-state index contributed by atoms with van der Waals surface area (Å²) in [5.41, 5.74) is 0.905. The van der Waals surface area contributed by atoms with Gasteiger partial charge in [-0.1, -0.05) is 23.7 Å². The predicted octanol–water partition coefficient (Wildman–Crippen LogP) is 1.98. The third-order valence-corrected chi connectivity index (χ3v) is 6.63. The summed E-state index contributed by atoms with van der Waals surface area (Å²) in [5, 5.41) is 4.89. The molecule has 0 aliphatic carbocycles. The zero-order valence-electron chi connectivity index (χ0n) is 13.9. The number of hydrogen-bond donors (Lipinski definition) is 0. The Kier molecular flexibility index (Phi) is 4.34.